The molecular weight excluding hydrogens is 355 g/mol. The number of aliphatic imine (C=N–C) groups is 1. The predicted molar refractivity (Wildman–Crippen MR) is 112 cm³/mol. The Kier molecular flexibility index (Phi) is 5.54. The molecule has 0 N–H and O–H groups in total. The summed E-state index contributed by atoms with van der Waals surface area (Å²) in [6, 6.07) is 10.3. The third-order valence-corrected chi connectivity index (χ3v) is 5.44. The van der Waals surface area contributed by atoms with Gasteiger partial charge in [-0.2, -0.15) is 0 Å². The van der Waals surface area contributed by atoms with Crippen LogP contribution in [-0.4, -0.2) is 31.4 Å². The average molecular weight is 382 g/mol. The highest BCUT2D eigenvalue weighted by molar-refractivity contribution is 5.91. The number of carbonyl (C=O) groups excluding carboxylic acids is 1. The summed E-state index contributed by atoms with van der Waals surface area (Å²) in [6.45, 7) is 9.53. The van der Waals surface area contributed by atoms with Crippen LogP contribution in [0.15, 0.2) is 41.4 Å². The van der Waals surface area contributed by atoms with Crippen molar-refractivity contribution in [2.24, 2.45) is 4.99 Å². The van der Waals surface area contributed by atoms with Gasteiger partial charge in [-0.15, -0.1) is 0 Å². The number of hydrogen-bond donors (Lipinski definition) is 0. The Hall–Kier alpha value is -2.69. The molecule has 0 amide bonds. The highest BCUT2D eigenvalue weighted by atomic mass is 19.1. The molecule has 4 nitrogen and oxygen atoms in total. The molecule has 1 heterocycles. The van der Waals surface area contributed by atoms with E-state index in [9.17, 15) is 9.18 Å². The SMILES string of the molecule is CCN1c2cc(F)c(C=Nc3cccc(C(=O)OC)c3)cc2C(C)CC1(C)C. The quantitative estimate of drug-likeness (QED) is 0.520. The minimum Gasteiger partial charge on any atom is -0.465 e. The number of ether oxygens (including phenoxy) is 1. The zero-order chi connectivity index (χ0) is 20.5. The number of anilines is 1. The van der Waals surface area contributed by atoms with Gasteiger partial charge in [0.2, 0.25) is 0 Å². The maximum atomic E-state index is 14.8. The van der Waals surface area contributed by atoms with E-state index in [1.165, 1.54) is 13.3 Å². The molecule has 1 atom stereocenters. The van der Waals surface area contributed by atoms with Gasteiger partial charge in [0, 0.05) is 29.5 Å². The maximum Gasteiger partial charge on any atom is 0.337 e. The zero-order valence-electron chi connectivity index (χ0n) is 17.1. The lowest BCUT2D eigenvalue weighted by atomic mass is 9.79. The number of methoxy groups -OCH3 is 1. The van der Waals surface area contributed by atoms with Crippen molar-refractivity contribution in [2.45, 2.75) is 45.6 Å². The van der Waals surface area contributed by atoms with Gasteiger partial charge < -0.3 is 9.64 Å². The van der Waals surface area contributed by atoms with E-state index in [-0.39, 0.29) is 11.4 Å². The molecular formula is C23H27FN2O2. The lowest BCUT2D eigenvalue weighted by molar-refractivity contribution is 0.0601. The van der Waals surface area contributed by atoms with Crippen molar-refractivity contribution in [1.82, 2.24) is 0 Å². The third-order valence-electron chi connectivity index (χ3n) is 5.44. The molecule has 0 spiro atoms. The summed E-state index contributed by atoms with van der Waals surface area (Å²) in [5.41, 5.74) is 3.55. The molecule has 2 aromatic rings. The van der Waals surface area contributed by atoms with Crippen LogP contribution in [0.5, 0.6) is 0 Å². The van der Waals surface area contributed by atoms with Gasteiger partial charge in [-0.25, -0.2) is 9.18 Å². The van der Waals surface area contributed by atoms with E-state index >= 15 is 0 Å². The van der Waals surface area contributed by atoms with Crippen LogP contribution >= 0.6 is 0 Å². The summed E-state index contributed by atoms with van der Waals surface area (Å²) < 4.78 is 19.6. The zero-order valence-corrected chi connectivity index (χ0v) is 17.1. The van der Waals surface area contributed by atoms with Crippen molar-refractivity contribution in [3.05, 3.63) is 58.9 Å². The molecule has 0 aromatic heterocycles. The first-order valence-electron chi connectivity index (χ1n) is 9.60. The summed E-state index contributed by atoms with van der Waals surface area (Å²) >= 11 is 0. The largest absolute Gasteiger partial charge is 0.465 e. The first-order chi connectivity index (χ1) is 13.3. The molecule has 3 rings (SSSR count). The fourth-order valence-electron chi connectivity index (χ4n) is 4.19. The number of fused-ring (bicyclic) bond motifs is 1. The molecule has 28 heavy (non-hydrogen) atoms. The number of benzene rings is 2. The lowest BCUT2D eigenvalue weighted by Gasteiger charge is -2.47. The Morgan fingerprint density at radius 2 is 2.11 bits per heavy atom. The first-order valence-corrected chi connectivity index (χ1v) is 9.60. The van der Waals surface area contributed by atoms with Crippen molar-refractivity contribution in [3.63, 3.8) is 0 Å². The van der Waals surface area contributed by atoms with Crippen molar-refractivity contribution in [3.8, 4) is 0 Å². The van der Waals surface area contributed by atoms with Gasteiger partial charge in [0.25, 0.3) is 0 Å². The van der Waals surface area contributed by atoms with E-state index in [1.807, 2.05) is 6.07 Å². The molecule has 1 aliphatic heterocycles. The van der Waals surface area contributed by atoms with Crippen LogP contribution in [0.4, 0.5) is 15.8 Å². The molecule has 5 heteroatoms. The van der Waals surface area contributed by atoms with Crippen LogP contribution in [-0.2, 0) is 4.74 Å². The molecule has 0 saturated carbocycles. The predicted octanol–water partition coefficient (Wildman–Crippen LogP) is 5.48. The molecule has 0 aliphatic carbocycles. The van der Waals surface area contributed by atoms with E-state index in [0.717, 1.165) is 24.2 Å². The van der Waals surface area contributed by atoms with Gasteiger partial charge in [0.1, 0.15) is 5.82 Å². The number of esters is 1. The molecule has 148 valence electrons. The van der Waals surface area contributed by atoms with Crippen molar-refractivity contribution < 1.29 is 13.9 Å². The van der Waals surface area contributed by atoms with Crippen LogP contribution in [0.1, 0.15) is 61.5 Å². The minimum atomic E-state index is -0.423. The molecule has 1 aliphatic rings. The van der Waals surface area contributed by atoms with E-state index in [4.69, 9.17) is 4.74 Å². The highest BCUT2D eigenvalue weighted by Crippen LogP contribution is 2.43. The number of rotatable bonds is 4. The monoisotopic (exact) mass is 382 g/mol. The van der Waals surface area contributed by atoms with E-state index in [0.29, 0.717) is 22.7 Å². The van der Waals surface area contributed by atoms with Gasteiger partial charge >= 0.3 is 5.97 Å². The Morgan fingerprint density at radius 3 is 2.79 bits per heavy atom. The normalized spacial score (nSPS) is 18.2. The lowest BCUT2D eigenvalue weighted by Crippen LogP contribution is -2.48. The average Bonchev–Trinajstić information content (AvgIpc) is 2.66. The van der Waals surface area contributed by atoms with Crippen LogP contribution in [0.25, 0.3) is 0 Å². The fraction of sp³-hybridized carbons (Fsp3) is 0.391. The Balaban J connectivity index is 1.96. The van der Waals surface area contributed by atoms with Crippen molar-refractivity contribution in [1.29, 1.82) is 0 Å². The van der Waals surface area contributed by atoms with Crippen molar-refractivity contribution in [2.75, 3.05) is 18.6 Å². The Bertz CT molecular complexity index is 921. The van der Waals surface area contributed by atoms with Crippen LogP contribution in [0, 0.1) is 5.82 Å². The van der Waals surface area contributed by atoms with Crippen LogP contribution < -0.4 is 4.90 Å². The van der Waals surface area contributed by atoms with E-state index in [1.54, 1.807) is 30.3 Å². The Morgan fingerprint density at radius 1 is 1.36 bits per heavy atom. The summed E-state index contributed by atoms with van der Waals surface area (Å²) in [4.78, 5) is 18.3. The standard InChI is InChI=1S/C23H27FN2O2/c1-6-26-21-12-20(24)17(11-19(21)15(2)13-23(26,3)4)14-25-18-9-7-8-16(10-18)22(27)28-5/h7-12,14-15H,6,13H2,1-5H3. The van der Waals surface area contributed by atoms with Gasteiger partial charge in [-0.1, -0.05) is 13.0 Å². The molecule has 0 radical (unpaired) electrons. The van der Waals surface area contributed by atoms with E-state index in [2.05, 4.69) is 37.6 Å². The van der Waals surface area contributed by atoms with Gasteiger partial charge in [0.05, 0.1) is 18.4 Å². The second-order valence-electron chi connectivity index (χ2n) is 7.89. The number of halogens is 1. The molecule has 0 saturated heterocycles. The second-order valence-corrected chi connectivity index (χ2v) is 7.89. The third kappa shape index (κ3) is 3.79. The molecule has 2 aromatic carbocycles. The van der Waals surface area contributed by atoms with Gasteiger partial charge in [0.15, 0.2) is 0 Å². The second kappa shape index (κ2) is 7.74. The van der Waals surface area contributed by atoms with Gasteiger partial charge in [-0.3, -0.25) is 4.99 Å². The van der Waals surface area contributed by atoms with Gasteiger partial charge in [-0.05, 0) is 69.0 Å². The van der Waals surface area contributed by atoms with Crippen LogP contribution in [0.3, 0.4) is 0 Å². The topological polar surface area (TPSA) is 41.9 Å². The number of carbonyl (C=O) groups is 1. The van der Waals surface area contributed by atoms with E-state index < -0.39 is 5.97 Å². The summed E-state index contributed by atoms with van der Waals surface area (Å²) in [6.07, 6.45) is 2.53. The minimum absolute atomic E-state index is 0.00244. The number of hydrogen-bond acceptors (Lipinski definition) is 4. The fourth-order valence-corrected chi connectivity index (χ4v) is 4.19. The van der Waals surface area contributed by atoms with Crippen molar-refractivity contribution >= 4 is 23.6 Å². The highest BCUT2D eigenvalue weighted by Gasteiger charge is 2.36. The molecule has 0 bridgehead atoms. The summed E-state index contributed by atoms with van der Waals surface area (Å²) in [5.74, 6) is -0.383. The summed E-state index contributed by atoms with van der Waals surface area (Å²) in [7, 11) is 1.34. The maximum absolute atomic E-state index is 14.8. The summed E-state index contributed by atoms with van der Waals surface area (Å²) in [5, 5.41) is 0. The smallest absolute Gasteiger partial charge is 0.337 e. The first kappa shape index (κ1) is 20.1. The van der Waals surface area contributed by atoms with Crippen LogP contribution in [0.2, 0.25) is 0 Å². The Labute approximate surface area is 166 Å². The molecule has 0 fully saturated rings. The molecule has 1 unspecified atom stereocenters. The number of nitrogens with zero attached hydrogens (tertiary/aromatic N) is 2.